The zero-order valence-corrected chi connectivity index (χ0v) is 12.1. The van der Waals surface area contributed by atoms with E-state index in [-0.39, 0.29) is 11.6 Å². The van der Waals surface area contributed by atoms with Gasteiger partial charge in [0.1, 0.15) is 0 Å². The first-order chi connectivity index (χ1) is 10.1. The van der Waals surface area contributed by atoms with E-state index < -0.39 is 5.97 Å². The average molecular weight is 291 g/mol. The lowest BCUT2D eigenvalue weighted by Gasteiger charge is -2.19. The van der Waals surface area contributed by atoms with Gasteiger partial charge in [0.2, 0.25) is 0 Å². The number of benzene rings is 1. The smallest absolute Gasteiger partial charge is 0.337 e. The molecule has 6 heteroatoms. The summed E-state index contributed by atoms with van der Waals surface area (Å²) in [5, 5.41) is 15.3. The van der Waals surface area contributed by atoms with Gasteiger partial charge in [-0.25, -0.2) is 9.59 Å². The molecule has 6 nitrogen and oxygen atoms in total. The monoisotopic (exact) mass is 291 g/mol. The van der Waals surface area contributed by atoms with Crippen molar-refractivity contribution in [2.45, 2.75) is 25.3 Å². The predicted octanol–water partition coefficient (Wildman–Crippen LogP) is 1.67. The minimum absolute atomic E-state index is 0.116. The fraction of sp³-hybridized carbons (Fsp3) is 0.467. The highest BCUT2D eigenvalue weighted by molar-refractivity contribution is 6.01. The third kappa shape index (κ3) is 4.46. The van der Waals surface area contributed by atoms with Crippen LogP contribution < -0.4 is 15.5 Å². The lowest BCUT2D eigenvalue weighted by atomic mass is 10.1. The molecular formula is C15H21N3O3. The van der Waals surface area contributed by atoms with E-state index in [1.165, 1.54) is 23.8 Å². The second kappa shape index (κ2) is 7.08. The van der Waals surface area contributed by atoms with E-state index in [2.05, 4.69) is 10.6 Å². The number of nitrogens with one attached hydrogen (secondary N) is 2. The van der Waals surface area contributed by atoms with Gasteiger partial charge in [0, 0.05) is 19.6 Å². The van der Waals surface area contributed by atoms with E-state index in [4.69, 9.17) is 5.11 Å². The third-order valence-corrected chi connectivity index (χ3v) is 3.44. The molecule has 0 saturated heterocycles. The summed E-state index contributed by atoms with van der Waals surface area (Å²) in [6.45, 7) is 1.46. The molecular weight excluding hydrogens is 270 g/mol. The zero-order valence-electron chi connectivity index (χ0n) is 12.1. The number of hydrogen-bond acceptors (Lipinski definition) is 3. The largest absolute Gasteiger partial charge is 0.478 e. The van der Waals surface area contributed by atoms with Crippen LogP contribution in [0.15, 0.2) is 24.3 Å². The highest BCUT2D eigenvalue weighted by Gasteiger charge is 2.20. The number of para-hydroxylation sites is 1. The van der Waals surface area contributed by atoms with Crippen molar-refractivity contribution in [3.05, 3.63) is 29.8 Å². The maximum Gasteiger partial charge on any atom is 0.337 e. The second-order valence-electron chi connectivity index (χ2n) is 5.20. The van der Waals surface area contributed by atoms with Crippen LogP contribution in [0.1, 0.15) is 29.6 Å². The molecule has 1 saturated carbocycles. The Morgan fingerprint density at radius 1 is 1.29 bits per heavy atom. The molecule has 0 aliphatic heterocycles. The summed E-state index contributed by atoms with van der Waals surface area (Å²) in [6.07, 6.45) is 3.36. The molecule has 0 spiro atoms. The number of rotatable bonds is 7. The molecule has 0 aromatic heterocycles. The molecule has 2 amide bonds. The number of anilines is 1. The number of aromatic carboxylic acids is 1. The van der Waals surface area contributed by atoms with Crippen molar-refractivity contribution in [1.29, 1.82) is 0 Å². The second-order valence-corrected chi connectivity index (χ2v) is 5.20. The molecule has 114 valence electrons. The highest BCUT2D eigenvalue weighted by atomic mass is 16.4. The van der Waals surface area contributed by atoms with Gasteiger partial charge in [0.05, 0.1) is 11.3 Å². The summed E-state index contributed by atoms with van der Waals surface area (Å²) < 4.78 is 0. The van der Waals surface area contributed by atoms with Crippen LogP contribution >= 0.6 is 0 Å². The van der Waals surface area contributed by atoms with Gasteiger partial charge in [0.15, 0.2) is 0 Å². The molecule has 0 atom stereocenters. The molecule has 1 fully saturated rings. The molecule has 3 N–H and O–H groups in total. The van der Waals surface area contributed by atoms with E-state index in [9.17, 15) is 9.59 Å². The predicted molar refractivity (Wildman–Crippen MR) is 80.8 cm³/mol. The molecule has 1 aliphatic carbocycles. The Balaban J connectivity index is 1.82. The van der Waals surface area contributed by atoms with Crippen molar-refractivity contribution < 1.29 is 14.7 Å². The number of carboxylic acid groups (broad SMARTS) is 1. The van der Waals surface area contributed by atoms with Gasteiger partial charge in [-0.1, -0.05) is 12.1 Å². The van der Waals surface area contributed by atoms with Crippen molar-refractivity contribution in [3.8, 4) is 0 Å². The SMILES string of the molecule is CN(C(=O)NCCCNC1CC1)c1ccccc1C(=O)O. The molecule has 0 unspecified atom stereocenters. The maximum absolute atomic E-state index is 12.0. The summed E-state index contributed by atoms with van der Waals surface area (Å²) in [7, 11) is 1.57. The first-order valence-corrected chi connectivity index (χ1v) is 7.17. The maximum atomic E-state index is 12.0. The quantitative estimate of drug-likeness (QED) is 0.667. The summed E-state index contributed by atoms with van der Waals surface area (Å²) >= 11 is 0. The first-order valence-electron chi connectivity index (χ1n) is 7.17. The number of carbonyl (C=O) groups is 2. The van der Waals surface area contributed by atoms with Crippen LogP contribution in [0.2, 0.25) is 0 Å². The van der Waals surface area contributed by atoms with Crippen LogP contribution in [0.4, 0.5) is 10.5 Å². The van der Waals surface area contributed by atoms with Gasteiger partial charge in [-0.05, 0) is 37.9 Å². The Morgan fingerprint density at radius 2 is 2.00 bits per heavy atom. The Morgan fingerprint density at radius 3 is 2.67 bits per heavy atom. The van der Waals surface area contributed by atoms with Crippen molar-refractivity contribution in [2.24, 2.45) is 0 Å². The van der Waals surface area contributed by atoms with Gasteiger partial charge < -0.3 is 15.7 Å². The molecule has 2 rings (SSSR count). The first kappa shape index (κ1) is 15.3. The Labute approximate surface area is 124 Å². The molecule has 1 aromatic carbocycles. The summed E-state index contributed by atoms with van der Waals surface area (Å²) in [5.74, 6) is -1.04. The zero-order chi connectivity index (χ0) is 15.2. The van der Waals surface area contributed by atoms with Crippen molar-refractivity contribution in [1.82, 2.24) is 10.6 Å². The van der Waals surface area contributed by atoms with E-state index >= 15 is 0 Å². The normalized spacial score (nSPS) is 13.8. The third-order valence-electron chi connectivity index (χ3n) is 3.44. The fourth-order valence-corrected chi connectivity index (χ4v) is 2.05. The van der Waals surface area contributed by atoms with Crippen LogP contribution in [0.25, 0.3) is 0 Å². The lowest BCUT2D eigenvalue weighted by Crippen LogP contribution is -2.39. The standard InChI is InChI=1S/C15H21N3O3/c1-18(13-6-3-2-5-12(13)14(19)20)15(21)17-10-4-9-16-11-7-8-11/h2-3,5-6,11,16H,4,7-10H2,1H3,(H,17,21)(H,19,20). The number of carboxylic acids is 1. The molecule has 1 aliphatic rings. The van der Waals surface area contributed by atoms with E-state index in [0.29, 0.717) is 18.3 Å². The molecule has 1 aromatic rings. The molecule has 0 radical (unpaired) electrons. The Bertz CT molecular complexity index is 515. The van der Waals surface area contributed by atoms with Gasteiger partial charge >= 0.3 is 12.0 Å². The minimum atomic E-state index is -1.04. The van der Waals surface area contributed by atoms with Gasteiger partial charge in [0.25, 0.3) is 0 Å². The van der Waals surface area contributed by atoms with Gasteiger partial charge in [-0.2, -0.15) is 0 Å². The fourth-order valence-electron chi connectivity index (χ4n) is 2.05. The highest BCUT2D eigenvalue weighted by Crippen LogP contribution is 2.19. The summed E-state index contributed by atoms with van der Waals surface area (Å²) in [6, 6.07) is 6.84. The van der Waals surface area contributed by atoms with Gasteiger partial charge in [-0.15, -0.1) is 0 Å². The van der Waals surface area contributed by atoms with Crippen LogP contribution in [0.3, 0.4) is 0 Å². The van der Waals surface area contributed by atoms with Gasteiger partial charge in [-0.3, -0.25) is 4.90 Å². The van der Waals surface area contributed by atoms with E-state index in [1.807, 2.05) is 0 Å². The summed E-state index contributed by atoms with van der Waals surface area (Å²) in [5.41, 5.74) is 0.504. The Kier molecular flexibility index (Phi) is 5.16. The van der Waals surface area contributed by atoms with E-state index in [0.717, 1.165) is 13.0 Å². The van der Waals surface area contributed by atoms with Crippen molar-refractivity contribution in [3.63, 3.8) is 0 Å². The number of carbonyl (C=O) groups excluding carboxylic acids is 1. The minimum Gasteiger partial charge on any atom is -0.478 e. The number of amides is 2. The van der Waals surface area contributed by atoms with Crippen LogP contribution in [-0.4, -0.2) is 43.3 Å². The number of urea groups is 1. The lowest BCUT2D eigenvalue weighted by molar-refractivity contribution is 0.0697. The number of nitrogens with zero attached hydrogens (tertiary/aromatic N) is 1. The van der Waals surface area contributed by atoms with Crippen molar-refractivity contribution in [2.75, 3.05) is 25.0 Å². The van der Waals surface area contributed by atoms with Crippen LogP contribution in [-0.2, 0) is 0 Å². The Hall–Kier alpha value is -2.08. The van der Waals surface area contributed by atoms with Crippen molar-refractivity contribution >= 4 is 17.7 Å². The molecule has 21 heavy (non-hydrogen) atoms. The average Bonchev–Trinajstić information content (AvgIpc) is 3.30. The number of hydrogen-bond donors (Lipinski definition) is 3. The van der Waals surface area contributed by atoms with E-state index in [1.54, 1.807) is 25.2 Å². The topological polar surface area (TPSA) is 81.7 Å². The molecule has 0 heterocycles. The van der Waals surface area contributed by atoms with Crippen LogP contribution in [0, 0.1) is 0 Å². The molecule has 0 bridgehead atoms. The van der Waals surface area contributed by atoms with Crippen LogP contribution in [0.5, 0.6) is 0 Å². The summed E-state index contributed by atoms with van der Waals surface area (Å²) in [4.78, 5) is 24.5.